The van der Waals surface area contributed by atoms with Gasteiger partial charge in [-0.05, 0) is 49.1 Å². The van der Waals surface area contributed by atoms with Crippen LogP contribution in [0.15, 0.2) is 48.0 Å². The summed E-state index contributed by atoms with van der Waals surface area (Å²) in [7, 11) is 0. The molecule has 0 aliphatic carbocycles. The first kappa shape index (κ1) is 24.3. The summed E-state index contributed by atoms with van der Waals surface area (Å²) < 4.78 is 10.1. The first-order valence-electron chi connectivity index (χ1n) is 9.66. The number of nitriles is 1. The van der Waals surface area contributed by atoms with Gasteiger partial charge in [-0.3, -0.25) is 4.79 Å². The number of rotatable bonds is 10. The number of nitrogens with one attached hydrogen (secondary N) is 1. The van der Waals surface area contributed by atoms with Crippen molar-refractivity contribution in [3.63, 3.8) is 0 Å². The maximum atomic E-state index is 12.3. The highest BCUT2D eigenvalue weighted by molar-refractivity contribution is 6.37. The molecule has 2 aromatic rings. The molecule has 0 radical (unpaired) electrons. The summed E-state index contributed by atoms with van der Waals surface area (Å²) in [4.78, 5) is 23.8. The number of esters is 1. The Kier molecular flexibility index (Phi) is 9.89. The predicted molar refractivity (Wildman–Crippen MR) is 120 cm³/mol. The van der Waals surface area contributed by atoms with Crippen LogP contribution in [0.4, 0.5) is 0 Å². The third-order valence-electron chi connectivity index (χ3n) is 4.11. The first-order chi connectivity index (χ1) is 14.9. The number of carbonyl (C=O) groups excluding carboxylic acids is 2. The second-order valence-electron chi connectivity index (χ2n) is 6.42. The molecule has 1 amide bonds. The summed E-state index contributed by atoms with van der Waals surface area (Å²) in [5.74, 6) is -0.905. The normalized spacial score (nSPS) is 10.8. The van der Waals surface area contributed by atoms with Crippen LogP contribution in [0.25, 0.3) is 6.08 Å². The maximum Gasteiger partial charge on any atom is 0.344 e. The van der Waals surface area contributed by atoms with Crippen molar-refractivity contribution < 1.29 is 19.1 Å². The van der Waals surface area contributed by atoms with Crippen LogP contribution in [-0.4, -0.2) is 31.6 Å². The van der Waals surface area contributed by atoms with Crippen molar-refractivity contribution in [2.45, 2.75) is 19.8 Å². The lowest BCUT2D eigenvalue weighted by Gasteiger charge is -2.10. The zero-order chi connectivity index (χ0) is 22.6. The highest BCUT2D eigenvalue weighted by Crippen LogP contribution is 2.34. The van der Waals surface area contributed by atoms with Crippen molar-refractivity contribution in [3.8, 4) is 11.8 Å². The van der Waals surface area contributed by atoms with Crippen molar-refractivity contribution in [1.29, 1.82) is 5.26 Å². The minimum absolute atomic E-state index is 0.0768. The standard InChI is InChI=1S/C23H22Cl2N2O4/c1-2-30-21(28)15-31-22-19(24)12-17(13-20(22)25)11-18(14-26)23(29)27-10-6-9-16-7-4-3-5-8-16/h3-5,7-8,11-13H,2,6,9-10,15H2,1H3,(H,27,29)/b18-11-. The van der Waals surface area contributed by atoms with Crippen molar-refractivity contribution in [3.05, 3.63) is 69.2 Å². The van der Waals surface area contributed by atoms with Crippen molar-refractivity contribution in [2.75, 3.05) is 19.8 Å². The molecule has 0 aromatic heterocycles. The Morgan fingerprint density at radius 1 is 1.16 bits per heavy atom. The van der Waals surface area contributed by atoms with E-state index in [1.165, 1.54) is 23.8 Å². The molecule has 0 aliphatic rings. The molecule has 0 fully saturated rings. The minimum Gasteiger partial charge on any atom is -0.479 e. The maximum absolute atomic E-state index is 12.3. The molecule has 6 nitrogen and oxygen atoms in total. The lowest BCUT2D eigenvalue weighted by Crippen LogP contribution is -2.25. The van der Waals surface area contributed by atoms with E-state index in [-0.39, 0.29) is 34.6 Å². The van der Waals surface area contributed by atoms with Crippen LogP contribution in [0.1, 0.15) is 24.5 Å². The molecule has 0 aliphatic heterocycles. The number of nitrogens with zero attached hydrogens (tertiary/aromatic N) is 1. The van der Waals surface area contributed by atoms with Gasteiger partial charge in [0.25, 0.3) is 5.91 Å². The predicted octanol–water partition coefficient (Wildman–Crippen LogP) is 4.59. The zero-order valence-electron chi connectivity index (χ0n) is 17.0. The number of carbonyl (C=O) groups is 2. The van der Waals surface area contributed by atoms with Gasteiger partial charge in [-0.25, -0.2) is 4.79 Å². The first-order valence-corrected chi connectivity index (χ1v) is 10.4. The lowest BCUT2D eigenvalue weighted by molar-refractivity contribution is -0.145. The van der Waals surface area contributed by atoms with Gasteiger partial charge in [0.1, 0.15) is 11.6 Å². The van der Waals surface area contributed by atoms with Gasteiger partial charge in [0.05, 0.1) is 16.7 Å². The van der Waals surface area contributed by atoms with E-state index >= 15 is 0 Å². The van der Waals surface area contributed by atoms with Crippen LogP contribution in [0.3, 0.4) is 0 Å². The number of amides is 1. The molecule has 0 unspecified atom stereocenters. The summed E-state index contributed by atoms with van der Waals surface area (Å²) in [5.41, 5.74) is 1.56. The SMILES string of the molecule is CCOC(=O)COc1c(Cl)cc(/C=C(/C#N)C(=O)NCCCc2ccccc2)cc1Cl. The summed E-state index contributed by atoms with van der Waals surface area (Å²) >= 11 is 12.4. The number of hydrogen-bond donors (Lipinski definition) is 1. The molecule has 31 heavy (non-hydrogen) atoms. The summed E-state index contributed by atoms with van der Waals surface area (Å²) in [6.07, 6.45) is 2.96. The Balaban J connectivity index is 1.98. The Hall–Kier alpha value is -3.01. The number of hydrogen-bond acceptors (Lipinski definition) is 5. The van der Waals surface area contributed by atoms with E-state index in [0.717, 1.165) is 12.8 Å². The number of benzene rings is 2. The highest BCUT2D eigenvalue weighted by atomic mass is 35.5. The summed E-state index contributed by atoms with van der Waals surface area (Å²) in [6, 6.07) is 14.8. The molecule has 0 atom stereocenters. The Labute approximate surface area is 191 Å². The van der Waals surface area contributed by atoms with Crippen LogP contribution in [0, 0.1) is 11.3 Å². The van der Waals surface area contributed by atoms with Crippen LogP contribution < -0.4 is 10.1 Å². The third-order valence-corrected chi connectivity index (χ3v) is 4.67. The monoisotopic (exact) mass is 460 g/mol. The van der Waals surface area contributed by atoms with Gasteiger partial charge < -0.3 is 14.8 Å². The van der Waals surface area contributed by atoms with Crippen LogP contribution in [0.5, 0.6) is 5.75 Å². The van der Waals surface area contributed by atoms with Crippen molar-refractivity contribution in [1.82, 2.24) is 5.32 Å². The van der Waals surface area contributed by atoms with Gasteiger partial charge in [-0.1, -0.05) is 53.5 Å². The lowest BCUT2D eigenvalue weighted by atomic mass is 10.1. The molecule has 162 valence electrons. The van der Waals surface area contributed by atoms with E-state index in [2.05, 4.69) is 5.32 Å². The molecule has 1 N–H and O–H groups in total. The number of ether oxygens (including phenoxy) is 2. The Bertz CT molecular complexity index is 962. The molecule has 2 rings (SSSR count). The molecule has 0 saturated carbocycles. The summed E-state index contributed by atoms with van der Waals surface area (Å²) in [5, 5.41) is 12.4. The second-order valence-corrected chi connectivity index (χ2v) is 7.24. The number of aryl methyl sites for hydroxylation is 1. The Morgan fingerprint density at radius 3 is 2.45 bits per heavy atom. The van der Waals surface area contributed by atoms with E-state index in [0.29, 0.717) is 12.1 Å². The fraction of sp³-hybridized carbons (Fsp3) is 0.261. The second kappa shape index (κ2) is 12.6. The van der Waals surface area contributed by atoms with Gasteiger partial charge in [0, 0.05) is 6.54 Å². The van der Waals surface area contributed by atoms with E-state index in [1.807, 2.05) is 36.4 Å². The zero-order valence-corrected chi connectivity index (χ0v) is 18.5. The van der Waals surface area contributed by atoms with E-state index < -0.39 is 11.9 Å². The quantitative estimate of drug-likeness (QED) is 0.242. The average Bonchev–Trinajstić information content (AvgIpc) is 2.75. The summed E-state index contributed by atoms with van der Waals surface area (Å²) in [6.45, 7) is 2.02. The molecule has 0 heterocycles. The molecule has 8 heteroatoms. The van der Waals surface area contributed by atoms with Gasteiger partial charge >= 0.3 is 5.97 Å². The Morgan fingerprint density at radius 2 is 1.84 bits per heavy atom. The molecule has 0 spiro atoms. The molecule has 2 aromatic carbocycles. The smallest absolute Gasteiger partial charge is 0.344 e. The van der Waals surface area contributed by atoms with Crippen molar-refractivity contribution in [2.24, 2.45) is 0 Å². The average molecular weight is 461 g/mol. The van der Waals surface area contributed by atoms with E-state index in [4.69, 9.17) is 32.7 Å². The fourth-order valence-electron chi connectivity index (χ4n) is 2.68. The van der Waals surface area contributed by atoms with Crippen LogP contribution >= 0.6 is 23.2 Å². The third kappa shape index (κ3) is 7.97. The van der Waals surface area contributed by atoms with Gasteiger partial charge in [-0.15, -0.1) is 0 Å². The minimum atomic E-state index is -0.547. The molecule has 0 saturated heterocycles. The molecular formula is C23H22Cl2N2O4. The fourth-order valence-corrected chi connectivity index (χ4v) is 3.30. The topological polar surface area (TPSA) is 88.4 Å². The van der Waals surface area contributed by atoms with Crippen LogP contribution in [-0.2, 0) is 20.7 Å². The van der Waals surface area contributed by atoms with E-state index in [1.54, 1.807) is 6.92 Å². The van der Waals surface area contributed by atoms with E-state index in [9.17, 15) is 14.9 Å². The number of halogens is 2. The van der Waals surface area contributed by atoms with Crippen molar-refractivity contribution >= 4 is 41.2 Å². The van der Waals surface area contributed by atoms with Gasteiger partial charge in [-0.2, -0.15) is 5.26 Å². The largest absolute Gasteiger partial charge is 0.479 e. The highest BCUT2D eigenvalue weighted by Gasteiger charge is 2.14. The van der Waals surface area contributed by atoms with Crippen LogP contribution in [0.2, 0.25) is 10.0 Å². The van der Waals surface area contributed by atoms with Gasteiger partial charge in [0.15, 0.2) is 12.4 Å². The molecule has 0 bridgehead atoms. The molecular weight excluding hydrogens is 439 g/mol. The van der Waals surface area contributed by atoms with Gasteiger partial charge in [0.2, 0.25) is 0 Å².